The number of pyridine rings is 1. The number of hydrogen-bond acceptors (Lipinski definition) is 3. The van der Waals surface area contributed by atoms with Crippen molar-refractivity contribution in [2.75, 3.05) is 0 Å². The lowest BCUT2D eigenvalue weighted by Gasteiger charge is -2.05. The van der Waals surface area contributed by atoms with E-state index in [1.165, 1.54) is 0 Å². The van der Waals surface area contributed by atoms with Crippen molar-refractivity contribution in [3.63, 3.8) is 0 Å². The molecule has 0 aromatic carbocycles. The van der Waals surface area contributed by atoms with Crippen LogP contribution in [0.4, 0.5) is 0 Å². The summed E-state index contributed by atoms with van der Waals surface area (Å²) in [6.07, 6.45) is 3.59. The Hall–Kier alpha value is -1.36. The molecule has 0 spiro atoms. The van der Waals surface area contributed by atoms with Gasteiger partial charge in [-0.15, -0.1) is 0 Å². The second-order valence-corrected chi connectivity index (χ2v) is 4.56. The van der Waals surface area contributed by atoms with Crippen LogP contribution in [0.15, 0.2) is 29.0 Å². The third-order valence-corrected chi connectivity index (χ3v) is 3.09. The Bertz CT molecular complexity index is 510. The Kier molecular flexibility index (Phi) is 3.78. The highest BCUT2D eigenvalue weighted by atomic mass is 79.9. The van der Waals surface area contributed by atoms with Gasteiger partial charge in [0.2, 0.25) is 0 Å². The van der Waals surface area contributed by atoms with Crippen LogP contribution in [0.1, 0.15) is 18.3 Å². The van der Waals surface area contributed by atoms with E-state index < -0.39 is 0 Å². The van der Waals surface area contributed by atoms with E-state index in [1.807, 2.05) is 36.9 Å². The zero-order valence-corrected chi connectivity index (χ0v) is 11.4. The van der Waals surface area contributed by atoms with Crippen LogP contribution in [0.2, 0.25) is 0 Å². The van der Waals surface area contributed by atoms with Gasteiger partial charge in [-0.1, -0.05) is 0 Å². The van der Waals surface area contributed by atoms with Gasteiger partial charge in [-0.05, 0) is 41.9 Å². The first-order valence-corrected chi connectivity index (χ1v) is 6.25. The summed E-state index contributed by atoms with van der Waals surface area (Å²) in [7, 11) is 0. The molecule has 2 aromatic rings. The van der Waals surface area contributed by atoms with E-state index in [-0.39, 0.29) is 0 Å². The van der Waals surface area contributed by atoms with E-state index >= 15 is 0 Å². The number of nitrogens with zero attached hydrogens (tertiary/aromatic N) is 3. The van der Waals surface area contributed by atoms with Gasteiger partial charge in [-0.25, -0.2) is 0 Å². The largest absolute Gasteiger partial charge is 0.484 e. The Morgan fingerprint density at radius 2 is 2.24 bits per heavy atom. The molecule has 0 N–H and O–H groups in total. The summed E-state index contributed by atoms with van der Waals surface area (Å²) in [6, 6.07) is 3.94. The van der Waals surface area contributed by atoms with Crippen molar-refractivity contribution in [2.24, 2.45) is 0 Å². The molecule has 0 saturated heterocycles. The highest BCUT2D eigenvalue weighted by Crippen LogP contribution is 2.17. The van der Waals surface area contributed by atoms with Crippen LogP contribution < -0.4 is 4.74 Å². The Balaban J connectivity index is 2.04. The Morgan fingerprint density at radius 3 is 2.94 bits per heavy atom. The molecule has 90 valence electrons. The first-order valence-electron chi connectivity index (χ1n) is 5.46. The molecule has 4 nitrogen and oxygen atoms in total. The predicted octanol–water partition coefficient (Wildman–Crippen LogP) is 2.95. The van der Waals surface area contributed by atoms with E-state index in [0.717, 1.165) is 28.2 Å². The molecule has 0 saturated carbocycles. The third kappa shape index (κ3) is 3.06. The van der Waals surface area contributed by atoms with Crippen molar-refractivity contribution in [1.82, 2.24) is 14.8 Å². The topological polar surface area (TPSA) is 39.9 Å². The summed E-state index contributed by atoms with van der Waals surface area (Å²) in [4.78, 5) is 4.42. The van der Waals surface area contributed by atoms with E-state index in [9.17, 15) is 0 Å². The zero-order chi connectivity index (χ0) is 12.3. The minimum Gasteiger partial charge on any atom is -0.484 e. The summed E-state index contributed by atoms with van der Waals surface area (Å²) in [5.41, 5.74) is 1.88. The van der Waals surface area contributed by atoms with Crippen molar-refractivity contribution in [3.8, 4) is 5.75 Å². The molecule has 17 heavy (non-hydrogen) atoms. The van der Waals surface area contributed by atoms with Crippen molar-refractivity contribution in [2.45, 2.75) is 27.0 Å². The number of aromatic nitrogens is 3. The number of halogens is 1. The van der Waals surface area contributed by atoms with Crippen molar-refractivity contribution >= 4 is 15.9 Å². The maximum atomic E-state index is 5.63. The van der Waals surface area contributed by atoms with Gasteiger partial charge in [0.1, 0.15) is 6.61 Å². The monoisotopic (exact) mass is 295 g/mol. The van der Waals surface area contributed by atoms with Crippen LogP contribution in [0, 0.1) is 6.92 Å². The quantitative estimate of drug-likeness (QED) is 0.871. The van der Waals surface area contributed by atoms with Gasteiger partial charge >= 0.3 is 0 Å². The van der Waals surface area contributed by atoms with E-state index in [4.69, 9.17) is 4.74 Å². The smallest absolute Gasteiger partial charge is 0.157 e. The molecule has 0 aliphatic rings. The standard InChI is InChI=1S/C12H14BrN3O/c1-3-16-7-10(6-14-16)17-8-12-11(13)5-4-9(2)15-12/h4-7H,3,8H2,1-2H3. The molecular formula is C12H14BrN3O. The van der Waals surface area contributed by atoms with Crippen LogP contribution in [-0.2, 0) is 13.2 Å². The van der Waals surface area contributed by atoms with Gasteiger partial charge in [0, 0.05) is 16.7 Å². The van der Waals surface area contributed by atoms with Crippen LogP contribution in [0.3, 0.4) is 0 Å². The maximum Gasteiger partial charge on any atom is 0.157 e. The number of hydrogen-bond donors (Lipinski definition) is 0. The summed E-state index contributed by atoms with van der Waals surface area (Å²) in [6.45, 7) is 5.29. The molecule has 0 atom stereocenters. The first-order chi connectivity index (χ1) is 8.19. The lowest BCUT2D eigenvalue weighted by molar-refractivity contribution is 0.300. The van der Waals surface area contributed by atoms with Crippen LogP contribution in [-0.4, -0.2) is 14.8 Å². The molecule has 0 amide bonds. The molecule has 0 unspecified atom stereocenters. The number of rotatable bonds is 4. The maximum absolute atomic E-state index is 5.63. The molecule has 0 bridgehead atoms. The normalized spacial score (nSPS) is 10.5. The second-order valence-electron chi connectivity index (χ2n) is 3.70. The fourth-order valence-electron chi connectivity index (χ4n) is 1.44. The fraction of sp³-hybridized carbons (Fsp3) is 0.333. The lowest BCUT2D eigenvalue weighted by Crippen LogP contribution is -2.00. The third-order valence-electron chi connectivity index (χ3n) is 2.37. The van der Waals surface area contributed by atoms with Gasteiger partial charge in [-0.3, -0.25) is 9.67 Å². The fourth-order valence-corrected chi connectivity index (χ4v) is 1.77. The van der Waals surface area contributed by atoms with E-state index in [0.29, 0.717) is 6.61 Å². The highest BCUT2D eigenvalue weighted by Gasteiger charge is 2.04. The molecule has 0 aliphatic carbocycles. The average molecular weight is 296 g/mol. The van der Waals surface area contributed by atoms with Gasteiger partial charge in [0.05, 0.1) is 18.1 Å². The second kappa shape index (κ2) is 5.31. The molecule has 2 heterocycles. The Labute approximate surface area is 109 Å². The van der Waals surface area contributed by atoms with Gasteiger partial charge in [-0.2, -0.15) is 5.10 Å². The van der Waals surface area contributed by atoms with E-state index in [1.54, 1.807) is 6.20 Å². The van der Waals surface area contributed by atoms with Gasteiger partial charge < -0.3 is 4.74 Å². The lowest BCUT2D eigenvalue weighted by atomic mass is 10.3. The van der Waals surface area contributed by atoms with Crippen LogP contribution in [0.5, 0.6) is 5.75 Å². The molecule has 0 aliphatic heterocycles. The average Bonchev–Trinajstić information content (AvgIpc) is 2.78. The summed E-state index contributed by atoms with van der Waals surface area (Å²) in [5, 5.41) is 4.15. The summed E-state index contributed by atoms with van der Waals surface area (Å²) >= 11 is 3.46. The highest BCUT2D eigenvalue weighted by molar-refractivity contribution is 9.10. The number of ether oxygens (including phenoxy) is 1. The van der Waals surface area contributed by atoms with Gasteiger partial charge in [0.15, 0.2) is 5.75 Å². The van der Waals surface area contributed by atoms with Crippen LogP contribution >= 0.6 is 15.9 Å². The van der Waals surface area contributed by atoms with Crippen molar-refractivity contribution in [3.05, 3.63) is 40.4 Å². The Morgan fingerprint density at radius 1 is 1.41 bits per heavy atom. The van der Waals surface area contributed by atoms with Crippen molar-refractivity contribution < 1.29 is 4.74 Å². The van der Waals surface area contributed by atoms with Gasteiger partial charge in [0.25, 0.3) is 0 Å². The van der Waals surface area contributed by atoms with Crippen molar-refractivity contribution in [1.29, 1.82) is 0 Å². The molecule has 2 aromatic heterocycles. The number of aryl methyl sites for hydroxylation is 2. The predicted molar refractivity (Wildman–Crippen MR) is 68.9 cm³/mol. The molecule has 2 rings (SSSR count). The molecule has 0 radical (unpaired) electrons. The SMILES string of the molecule is CCn1cc(OCc2nc(C)ccc2Br)cn1. The first kappa shape index (κ1) is 12.1. The molecule has 5 heteroatoms. The minimum atomic E-state index is 0.442. The molecule has 0 fully saturated rings. The van der Waals surface area contributed by atoms with Crippen LogP contribution in [0.25, 0.3) is 0 Å². The minimum absolute atomic E-state index is 0.442. The summed E-state index contributed by atoms with van der Waals surface area (Å²) in [5.74, 6) is 0.766. The van der Waals surface area contributed by atoms with E-state index in [2.05, 4.69) is 26.0 Å². The molecular weight excluding hydrogens is 282 g/mol. The zero-order valence-electron chi connectivity index (χ0n) is 9.85. The summed E-state index contributed by atoms with van der Waals surface area (Å²) < 4.78 is 8.43.